The number of carbonyl (C=O) groups is 1. The first-order valence-electron chi connectivity index (χ1n) is 9.30. The molecule has 2 aromatic rings. The van der Waals surface area contributed by atoms with Crippen molar-refractivity contribution < 1.29 is 13.9 Å². The maximum absolute atomic E-state index is 14.3. The Kier molecular flexibility index (Phi) is 4.88. The molecular formula is C22H24FNO2. The van der Waals surface area contributed by atoms with Gasteiger partial charge in [0.15, 0.2) is 5.78 Å². The number of fused-ring (bicyclic) bond motifs is 2. The fraction of sp³-hybridized carbons (Fsp3) is 0.409. The van der Waals surface area contributed by atoms with Gasteiger partial charge in [-0.2, -0.15) is 0 Å². The number of benzene rings is 2. The summed E-state index contributed by atoms with van der Waals surface area (Å²) in [6, 6.07) is 15.7. The first-order valence-corrected chi connectivity index (χ1v) is 9.30. The lowest BCUT2D eigenvalue weighted by Gasteiger charge is -2.48. The van der Waals surface area contributed by atoms with Crippen molar-refractivity contribution in [3.05, 3.63) is 71.0 Å². The standard InChI is InChI=1S/C22H24FNO2/c1-15-6-5-9-20(23)21(15)22(25)17-10-18-13-26-14-19(11-17)24(18)12-16-7-3-2-4-8-16/h2-9,17-19H,10-14H2,1H3. The van der Waals surface area contributed by atoms with Crippen LogP contribution >= 0.6 is 0 Å². The van der Waals surface area contributed by atoms with Gasteiger partial charge in [0.1, 0.15) is 5.82 Å². The zero-order valence-electron chi connectivity index (χ0n) is 15.0. The number of halogens is 1. The van der Waals surface area contributed by atoms with Crippen molar-refractivity contribution in [2.45, 2.75) is 38.4 Å². The molecule has 0 aromatic heterocycles. The number of piperidine rings is 1. The van der Waals surface area contributed by atoms with Gasteiger partial charge in [0.05, 0.1) is 18.8 Å². The number of carbonyl (C=O) groups excluding carboxylic acids is 1. The number of nitrogens with zero attached hydrogens (tertiary/aromatic N) is 1. The molecule has 2 aromatic carbocycles. The van der Waals surface area contributed by atoms with Crippen LogP contribution in [-0.4, -0.2) is 36.0 Å². The third-order valence-corrected chi connectivity index (χ3v) is 5.72. The number of morpholine rings is 1. The van der Waals surface area contributed by atoms with E-state index in [0.717, 1.165) is 24.9 Å². The van der Waals surface area contributed by atoms with E-state index in [1.165, 1.54) is 11.6 Å². The summed E-state index contributed by atoms with van der Waals surface area (Å²) in [5.74, 6) is -0.573. The summed E-state index contributed by atoms with van der Waals surface area (Å²) in [5, 5.41) is 0. The van der Waals surface area contributed by atoms with Crippen LogP contribution in [0.2, 0.25) is 0 Å². The first kappa shape index (κ1) is 17.4. The maximum Gasteiger partial charge on any atom is 0.169 e. The summed E-state index contributed by atoms with van der Waals surface area (Å²) in [5.41, 5.74) is 2.27. The molecular weight excluding hydrogens is 329 g/mol. The van der Waals surface area contributed by atoms with Gasteiger partial charge in [-0.3, -0.25) is 9.69 Å². The van der Waals surface area contributed by atoms with Crippen molar-refractivity contribution in [2.24, 2.45) is 5.92 Å². The molecule has 0 amide bonds. The molecule has 2 saturated heterocycles. The molecule has 2 heterocycles. The number of ether oxygens (including phenoxy) is 1. The summed E-state index contributed by atoms with van der Waals surface area (Å²) >= 11 is 0. The topological polar surface area (TPSA) is 29.5 Å². The Hall–Kier alpha value is -2.04. The Balaban J connectivity index is 1.53. The van der Waals surface area contributed by atoms with E-state index in [0.29, 0.717) is 13.2 Å². The van der Waals surface area contributed by atoms with E-state index in [1.807, 2.05) is 19.1 Å². The molecule has 2 aliphatic heterocycles. The molecule has 136 valence electrons. The Bertz CT molecular complexity index is 758. The number of Topliss-reactive ketones (excluding diaryl/α,β-unsaturated/α-hetero) is 1. The summed E-state index contributed by atoms with van der Waals surface area (Å²) in [4.78, 5) is 15.5. The highest BCUT2D eigenvalue weighted by molar-refractivity contribution is 5.99. The maximum atomic E-state index is 14.3. The summed E-state index contributed by atoms with van der Waals surface area (Å²) in [6.07, 6.45) is 1.46. The van der Waals surface area contributed by atoms with Gasteiger partial charge >= 0.3 is 0 Å². The molecule has 0 spiro atoms. The van der Waals surface area contributed by atoms with Crippen molar-refractivity contribution in [2.75, 3.05) is 13.2 Å². The van der Waals surface area contributed by atoms with Gasteiger partial charge < -0.3 is 4.74 Å². The quantitative estimate of drug-likeness (QED) is 0.778. The normalized spacial score (nSPS) is 25.8. The summed E-state index contributed by atoms with van der Waals surface area (Å²) in [6.45, 7) is 3.97. The second-order valence-electron chi connectivity index (χ2n) is 7.47. The van der Waals surface area contributed by atoms with Crippen LogP contribution in [0.1, 0.15) is 34.3 Å². The number of aryl methyl sites for hydroxylation is 1. The van der Waals surface area contributed by atoms with Crippen LogP contribution in [0.3, 0.4) is 0 Å². The van der Waals surface area contributed by atoms with E-state index in [9.17, 15) is 9.18 Å². The predicted molar refractivity (Wildman–Crippen MR) is 98.6 cm³/mol. The SMILES string of the molecule is Cc1cccc(F)c1C(=O)C1CC2COCC(C1)N2Cc1ccccc1. The second kappa shape index (κ2) is 7.29. The molecule has 0 aliphatic carbocycles. The van der Waals surface area contributed by atoms with Gasteiger partial charge in [-0.05, 0) is 37.0 Å². The average Bonchev–Trinajstić information content (AvgIpc) is 2.62. The predicted octanol–water partition coefficient (Wildman–Crippen LogP) is 4.00. The minimum absolute atomic E-state index is 0.0446. The zero-order valence-corrected chi connectivity index (χ0v) is 15.0. The van der Waals surface area contributed by atoms with E-state index in [2.05, 4.69) is 29.2 Å². The minimum atomic E-state index is -0.400. The fourth-order valence-corrected chi connectivity index (χ4v) is 4.40. The molecule has 0 radical (unpaired) electrons. The van der Waals surface area contributed by atoms with Gasteiger partial charge in [0.2, 0.25) is 0 Å². The van der Waals surface area contributed by atoms with Crippen LogP contribution in [0.25, 0.3) is 0 Å². The van der Waals surface area contributed by atoms with E-state index in [1.54, 1.807) is 6.07 Å². The number of hydrogen-bond donors (Lipinski definition) is 0. The third kappa shape index (κ3) is 3.31. The van der Waals surface area contributed by atoms with E-state index < -0.39 is 5.82 Å². The Morgan fingerprint density at radius 1 is 1.08 bits per heavy atom. The van der Waals surface area contributed by atoms with E-state index >= 15 is 0 Å². The monoisotopic (exact) mass is 353 g/mol. The molecule has 2 fully saturated rings. The molecule has 4 heteroatoms. The largest absolute Gasteiger partial charge is 0.378 e. The van der Waals surface area contributed by atoms with Crippen LogP contribution in [0.5, 0.6) is 0 Å². The highest BCUT2D eigenvalue weighted by Crippen LogP contribution is 2.35. The number of hydrogen-bond acceptors (Lipinski definition) is 3. The van der Waals surface area contributed by atoms with Gasteiger partial charge in [0.25, 0.3) is 0 Å². The Morgan fingerprint density at radius 3 is 2.42 bits per heavy atom. The van der Waals surface area contributed by atoms with Crippen molar-refractivity contribution >= 4 is 5.78 Å². The smallest absolute Gasteiger partial charge is 0.169 e. The van der Waals surface area contributed by atoms with E-state index in [-0.39, 0.29) is 29.3 Å². The van der Waals surface area contributed by atoms with Crippen molar-refractivity contribution in [3.63, 3.8) is 0 Å². The molecule has 2 bridgehead atoms. The molecule has 26 heavy (non-hydrogen) atoms. The first-order chi connectivity index (χ1) is 12.6. The highest BCUT2D eigenvalue weighted by Gasteiger charge is 2.42. The lowest BCUT2D eigenvalue weighted by Crippen LogP contribution is -2.57. The van der Waals surface area contributed by atoms with Gasteiger partial charge in [-0.15, -0.1) is 0 Å². The molecule has 2 aliphatic rings. The second-order valence-corrected chi connectivity index (χ2v) is 7.47. The molecule has 0 N–H and O–H groups in total. The van der Waals surface area contributed by atoms with Gasteiger partial charge in [0, 0.05) is 24.5 Å². The summed E-state index contributed by atoms with van der Waals surface area (Å²) < 4.78 is 20.0. The lowest BCUT2D eigenvalue weighted by atomic mass is 9.79. The van der Waals surface area contributed by atoms with Gasteiger partial charge in [-0.25, -0.2) is 4.39 Å². The molecule has 0 saturated carbocycles. The van der Waals surface area contributed by atoms with Crippen LogP contribution in [0.4, 0.5) is 4.39 Å². The molecule has 2 atom stereocenters. The third-order valence-electron chi connectivity index (χ3n) is 5.72. The van der Waals surface area contributed by atoms with Crippen molar-refractivity contribution in [1.29, 1.82) is 0 Å². The van der Waals surface area contributed by atoms with E-state index in [4.69, 9.17) is 4.74 Å². The molecule has 4 rings (SSSR count). The summed E-state index contributed by atoms with van der Waals surface area (Å²) in [7, 11) is 0. The van der Waals surface area contributed by atoms with Crippen LogP contribution in [-0.2, 0) is 11.3 Å². The zero-order chi connectivity index (χ0) is 18.1. The van der Waals surface area contributed by atoms with Crippen LogP contribution in [0, 0.1) is 18.7 Å². The fourth-order valence-electron chi connectivity index (χ4n) is 4.40. The lowest BCUT2D eigenvalue weighted by molar-refractivity contribution is -0.0873. The Labute approximate surface area is 153 Å². The van der Waals surface area contributed by atoms with Crippen LogP contribution in [0.15, 0.2) is 48.5 Å². The number of ketones is 1. The molecule has 2 unspecified atom stereocenters. The number of rotatable bonds is 4. The molecule has 3 nitrogen and oxygen atoms in total. The van der Waals surface area contributed by atoms with Gasteiger partial charge in [-0.1, -0.05) is 42.5 Å². The Morgan fingerprint density at radius 2 is 1.77 bits per heavy atom. The van der Waals surface area contributed by atoms with Crippen LogP contribution < -0.4 is 0 Å². The minimum Gasteiger partial charge on any atom is -0.378 e. The van der Waals surface area contributed by atoms with Crippen molar-refractivity contribution in [1.82, 2.24) is 4.90 Å². The van der Waals surface area contributed by atoms with Crippen molar-refractivity contribution in [3.8, 4) is 0 Å². The average molecular weight is 353 g/mol. The highest BCUT2D eigenvalue weighted by atomic mass is 19.1.